The molecule has 0 saturated carbocycles. The normalized spacial score (nSPS) is 12.5. The minimum Gasteiger partial charge on any atom is -0.450 e. The highest BCUT2D eigenvalue weighted by molar-refractivity contribution is 6.02. The van der Waals surface area contributed by atoms with Gasteiger partial charge in [0.05, 0.1) is 0 Å². The first kappa shape index (κ1) is 18.0. The fraction of sp³-hybridized carbons (Fsp3) is 0.0385. The van der Waals surface area contributed by atoms with Crippen molar-refractivity contribution in [3.63, 3.8) is 0 Å². The highest BCUT2D eigenvalue weighted by Crippen LogP contribution is 2.46. The van der Waals surface area contributed by atoms with Crippen LogP contribution < -0.4 is 14.8 Å². The standard InChI is InChI=1S/C26H19NO3/c28-26(19-11-5-2-6-12-19)25(18-9-3-1-4-10-18)27-20-15-16-23-24(17-20)30-22-14-8-7-13-21(22)29-23/h1-17,25,27H. The summed E-state index contributed by atoms with van der Waals surface area (Å²) < 4.78 is 11.9. The summed E-state index contributed by atoms with van der Waals surface area (Å²) in [6, 6.07) is 31.6. The lowest BCUT2D eigenvalue weighted by Gasteiger charge is -2.23. The van der Waals surface area contributed by atoms with E-state index in [0.29, 0.717) is 28.6 Å². The Hall–Kier alpha value is -4.05. The van der Waals surface area contributed by atoms with Crippen LogP contribution in [0.1, 0.15) is 22.0 Å². The zero-order valence-electron chi connectivity index (χ0n) is 16.1. The smallest absolute Gasteiger partial charge is 0.189 e. The number of hydrogen-bond donors (Lipinski definition) is 1. The molecular weight excluding hydrogens is 374 g/mol. The fourth-order valence-corrected chi connectivity index (χ4v) is 3.50. The van der Waals surface area contributed by atoms with Crippen LogP contribution in [-0.4, -0.2) is 5.78 Å². The van der Waals surface area contributed by atoms with E-state index in [1.807, 2.05) is 103 Å². The molecule has 0 amide bonds. The average molecular weight is 393 g/mol. The third-order valence-electron chi connectivity index (χ3n) is 5.00. The highest BCUT2D eigenvalue weighted by Gasteiger charge is 2.23. The van der Waals surface area contributed by atoms with Gasteiger partial charge in [0.1, 0.15) is 6.04 Å². The lowest BCUT2D eigenvalue weighted by molar-refractivity contribution is 0.0969. The van der Waals surface area contributed by atoms with Crippen LogP contribution in [0.4, 0.5) is 5.69 Å². The SMILES string of the molecule is O=C(c1ccccc1)C(Nc1ccc2c(c1)Oc1ccccc1O2)c1ccccc1. The Kier molecular flexibility index (Phi) is 4.66. The molecule has 0 bridgehead atoms. The van der Waals surface area contributed by atoms with Crippen LogP contribution in [-0.2, 0) is 0 Å². The quantitative estimate of drug-likeness (QED) is 0.341. The van der Waals surface area contributed by atoms with Crippen molar-refractivity contribution < 1.29 is 14.3 Å². The van der Waals surface area contributed by atoms with Gasteiger partial charge in [-0.1, -0.05) is 72.8 Å². The molecule has 4 aromatic rings. The van der Waals surface area contributed by atoms with Gasteiger partial charge in [-0.2, -0.15) is 0 Å². The summed E-state index contributed by atoms with van der Waals surface area (Å²) in [5, 5.41) is 3.38. The molecule has 1 atom stereocenters. The van der Waals surface area contributed by atoms with E-state index in [1.165, 1.54) is 0 Å². The molecule has 4 nitrogen and oxygen atoms in total. The average Bonchev–Trinajstić information content (AvgIpc) is 2.82. The third kappa shape index (κ3) is 3.51. The molecular formula is C26H19NO3. The van der Waals surface area contributed by atoms with Crippen LogP contribution >= 0.6 is 0 Å². The molecule has 0 saturated heterocycles. The minimum absolute atomic E-state index is 0.00188. The van der Waals surface area contributed by atoms with Crippen LogP contribution in [0.5, 0.6) is 23.0 Å². The number of nitrogens with one attached hydrogen (secondary N) is 1. The summed E-state index contributed by atoms with van der Waals surface area (Å²) in [7, 11) is 0. The van der Waals surface area contributed by atoms with Crippen molar-refractivity contribution >= 4 is 11.5 Å². The summed E-state index contributed by atoms with van der Waals surface area (Å²) >= 11 is 0. The molecule has 146 valence electrons. The Labute approximate surface area is 174 Å². The van der Waals surface area contributed by atoms with Crippen molar-refractivity contribution in [2.45, 2.75) is 6.04 Å². The van der Waals surface area contributed by atoms with Crippen molar-refractivity contribution in [3.8, 4) is 23.0 Å². The zero-order valence-corrected chi connectivity index (χ0v) is 16.1. The second-order valence-electron chi connectivity index (χ2n) is 7.03. The molecule has 0 aliphatic carbocycles. The van der Waals surface area contributed by atoms with Crippen molar-refractivity contribution in [1.82, 2.24) is 0 Å². The molecule has 1 aliphatic rings. The van der Waals surface area contributed by atoms with E-state index in [9.17, 15) is 4.79 Å². The third-order valence-corrected chi connectivity index (χ3v) is 5.00. The molecule has 1 aliphatic heterocycles. The molecule has 1 N–H and O–H groups in total. The summed E-state index contributed by atoms with van der Waals surface area (Å²) in [5.41, 5.74) is 2.33. The van der Waals surface area contributed by atoms with Gasteiger partial charge in [0.2, 0.25) is 0 Å². The molecule has 0 aromatic heterocycles. The highest BCUT2D eigenvalue weighted by atomic mass is 16.6. The Balaban J connectivity index is 1.47. The van der Waals surface area contributed by atoms with Crippen molar-refractivity contribution in [1.29, 1.82) is 0 Å². The molecule has 5 rings (SSSR count). The number of Topliss-reactive ketones (excluding diaryl/α,β-unsaturated/α-hetero) is 1. The van der Waals surface area contributed by atoms with Crippen LogP contribution in [0.15, 0.2) is 103 Å². The first-order valence-corrected chi connectivity index (χ1v) is 9.77. The first-order chi connectivity index (χ1) is 14.8. The number of ether oxygens (including phenoxy) is 2. The molecule has 0 fully saturated rings. The Morgan fingerprint density at radius 2 is 1.20 bits per heavy atom. The number of carbonyl (C=O) groups is 1. The Bertz CT molecular complexity index is 1190. The van der Waals surface area contributed by atoms with Gasteiger partial charge in [0.15, 0.2) is 28.8 Å². The van der Waals surface area contributed by atoms with E-state index in [4.69, 9.17) is 9.47 Å². The Morgan fingerprint density at radius 1 is 0.633 bits per heavy atom. The van der Waals surface area contributed by atoms with Gasteiger partial charge < -0.3 is 14.8 Å². The maximum Gasteiger partial charge on any atom is 0.189 e. The summed E-state index contributed by atoms with van der Waals surface area (Å²) in [4.78, 5) is 13.3. The van der Waals surface area contributed by atoms with Crippen LogP contribution in [0.25, 0.3) is 0 Å². The van der Waals surface area contributed by atoms with E-state index < -0.39 is 6.04 Å². The van der Waals surface area contributed by atoms with E-state index in [1.54, 1.807) is 0 Å². The molecule has 1 unspecified atom stereocenters. The van der Waals surface area contributed by atoms with Gasteiger partial charge in [-0.3, -0.25) is 4.79 Å². The van der Waals surface area contributed by atoms with Gasteiger partial charge in [-0.15, -0.1) is 0 Å². The van der Waals surface area contributed by atoms with E-state index >= 15 is 0 Å². The number of para-hydroxylation sites is 2. The van der Waals surface area contributed by atoms with Gasteiger partial charge in [-0.25, -0.2) is 0 Å². The van der Waals surface area contributed by atoms with E-state index in [2.05, 4.69) is 5.32 Å². The number of fused-ring (bicyclic) bond motifs is 2. The lowest BCUT2D eigenvalue weighted by Crippen LogP contribution is -2.21. The maximum atomic E-state index is 13.3. The Morgan fingerprint density at radius 3 is 1.90 bits per heavy atom. The fourth-order valence-electron chi connectivity index (χ4n) is 3.50. The molecule has 0 spiro atoms. The second kappa shape index (κ2) is 7.76. The largest absolute Gasteiger partial charge is 0.450 e. The number of anilines is 1. The predicted molar refractivity (Wildman–Crippen MR) is 117 cm³/mol. The molecule has 0 radical (unpaired) electrons. The second-order valence-corrected chi connectivity index (χ2v) is 7.03. The number of carbonyl (C=O) groups excluding carboxylic acids is 1. The van der Waals surface area contributed by atoms with Crippen LogP contribution in [0.2, 0.25) is 0 Å². The minimum atomic E-state index is -0.525. The van der Waals surface area contributed by atoms with E-state index in [-0.39, 0.29) is 5.78 Å². The van der Waals surface area contributed by atoms with Crippen LogP contribution in [0.3, 0.4) is 0 Å². The maximum absolute atomic E-state index is 13.3. The van der Waals surface area contributed by atoms with Crippen molar-refractivity contribution in [2.24, 2.45) is 0 Å². The topological polar surface area (TPSA) is 47.6 Å². The monoisotopic (exact) mass is 393 g/mol. The summed E-state index contributed by atoms with van der Waals surface area (Å²) in [5.74, 6) is 2.61. The van der Waals surface area contributed by atoms with Crippen molar-refractivity contribution in [3.05, 3.63) is 114 Å². The molecule has 30 heavy (non-hydrogen) atoms. The summed E-state index contributed by atoms with van der Waals surface area (Å²) in [6.45, 7) is 0. The number of ketones is 1. The molecule has 4 heteroatoms. The van der Waals surface area contributed by atoms with Gasteiger partial charge in [0.25, 0.3) is 0 Å². The molecule has 4 aromatic carbocycles. The van der Waals surface area contributed by atoms with Gasteiger partial charge in [-0.05, 0) is 29.8 Å². The van der Waals surface area contributed by atoms with Crippen molar-refractivity contribution in [2.75, 3.05) is 5.32 Å². The first-order valence-electron chi connectivity index (χ1n) is 9.77. The zero-order chi connectivity index (χ0) is 20.3. The summed E-state index contributed by atoms with van der Waals surface area (Å²) in [6.07, 6.45) is 0. The van der Waals surface area contributed by atoms with Crippen LogP contribution in [0, 0.1) is 0 Å². The van der Waals surface area contributed by atoms with E-state index in [0.717, 1.165) is 11.3 Å². The predicted octanol–water partition coefficient (Wildman–Crippen LogP) is 6.62. The lowest BCUT2D eigenvalue weighted by atomic mass is 9.97. The van der Waals surface area contributed by atoms with Gasteiger partial charge >= 0.3 is 0 Å². The number of benzene rings is 4. The molecule has 1 heterocycles. The number of hydrogen-bond acceptors (Lipinski definition) is 4. The van der Waals surface area contributed by atoms with Gasteiger partial charge in [0, 0.05) is 17.3 Å². The number of rotatable bonds is 5.